The van der Waals surface area contributed by atoms with Crippen LogP contribution in [0.5, 0.6) is 0 Å². The molecule has 0 heterocycles. The first-order valence-corrected chi connectivity index (χ1v) is 14.7. The topological polar surface area (TPSA) is 746 Å². The molecule has 0 aromatic heterocycles. The van der Waals surface area contributed by atoms with Gasteiger partial charge >= 0.3 is 252 Å². The maximum absolute atomic E-state index is 8.52. The zero-order valence-electron chi connectivity index (χ0n) is 26.4. The van der Waals surface area contributed by atoms with Gasteiger partial charge in [0.25, 0.3) is 0 Å². The van der Waals surface area contributed by atoms with E-state index >= 15 is 0 Å². The molecule has 0 rings (SSSR count). The minimum atomic E-state index is -3.63. The summed E-state index contributed by atoms with van der Waals surface area (Å²) in [5, 5.41) is 0. The Labute approximate surface area is 473 Å². The first-order valence-electron chi connectivity index (χ1n) is 4.90. The van der Waals surface area contributed by atoms with E-state index in [0.29, 0.717) is 0 Å². The first-order chi connectivity index (χ1) is 13.9. The fraction of sp³-hybridized carbons (Fsp3) is 0. The van der Waals surface area contributed by atoms with E-state index in [1.807, 2.05) is 0 Å². The average molecular weight is 994 g/mol. The van der Waals surface area contributed by atoms with E-state index in [1.165, 1.54) is 0 Å². The van der Waals surface area contributed by atoms with E-state index in [4.69, 9.17) is 112 Å². The van der Waals surface area contributed by atoms with Crippen LogP contribution >= 0.6 is 0 Å². The molecule has 0 spiro atoms. The Hall–Kier alpha value is 4.29. The van der Waals surface area contributed by atoms with Gasteiger partial charge in [0.1, 0.15) is 0 Å². The van der Waals surface area contributed by atoms with Crippen LogP contribution in [-0.2, 0) is 35.7 Å². The molecule has 256 valence electrons. The molecule has 52 heavy (non-hydrogen) atoms. The molecule has 0 aliphatic carbocycles. The van der Waals surface area contributed by atoms with E-state index in [1.54, 1.807) is 0 Å². The van der Waals surface area contributed by atoms with Crippen LogP contribution in [-0.4, -0.2) is 313 Å². The summed E-state index contributed by atoms with van der Waals surface area (Å²) in [4.78, 5) is 136. The minimum Gasteiger partial charge on any atom is -0.870 e. The van der Waals surface area contributed by atoms with Gasteiger partial charge < -0.3 is 156 Å². The normalized spacial score (nSPS) is 3.69. The van der Waals surface area contributed by atoms with Crippen LogP contribution in [0.25, 0.3) is 0 Å². The van der Waals surface area contributed by atoms with Gasteiger partial charge in [-0.15, -0.1) is 0 Å². The number of hydrogen-bond acceptors (Lipinski definition) is 32. The fourth-order valence-electron chi connectivity index (χ4n) is 0. The van der Waals surface area contributed by atoms with Gasteiger partial charge in [-0.3, -0.25) is 0 Å². The zero-order valence-corrected chi connectivity index (χ0v) is 44.4. The van der Waals surface area contributed by atoms with Crippen LogP contribution in [0.15, 0.2) is 0 Å². The third kappa shape index (κ3) is 8380. The van der Waals surface area contributed by atoms with Crippen molar-refractivity contribution in [2.75, 3.05) is 0 Å². The zero-order chi connectivity index (χ0) is 28.6. The second-order valence-corrected chi connectivity index (χ2v) is 6.00. The molecule has 8 N–H and O–H groups in total. The van der Waals surface area contributed by atoms with Crippen molar-refractivity contribution in [3.63, 3.8) is 0 Å². The van der Waals surface area contributed by atoms with Crippen LogP contribution in [0.3, 0.4) is 0 Å². The summed E-state index contributed by atoms with van der Waals surface area (Å²) < 4.78 is 68.1. The second kappa shape index (κ2) is 204. The third-order valence-electron chi connectivity index (χ3n) is 0. The Morgan fingerprint density at radius 2 is 0.212 bits per heavy atom. The van der Waals surface area contributed by atoms with Gasteiger partial charge in [0.05, 0.1) is 0 Å². The molecule has 0 aromatic carbocycles. The van der Waals surface area contributed by atoms with Gasteiger partial charge in [-0.25, -0.2) is 0 Å². The third-order valence-corrected chi connectivity index (χ3v) is 0. The quantitative estimate of drug-likeness (QED) is 0.203. The second-order valence-electron chi connectivity index (χ2n) is 2.00. The minimum absolute atomic E-state index is 0. The maximum Gasteiger partial charge on any atom is 3.00 e. The van der Waals surface area contributed by atoms with E-state index in [-0.39, 0.29) is 296 Å². The molecule has 0 fully saturated rings. The van der Waals surface area contributed by atoms with Crippen LogP contribution in [0, 0.1) is 0 Å². The Morgan fingerprint density at radius 3 is 0.212 bits per heavy atom. The molecule has 0 aliphatic heterocycles. The van der Waals surface area contributed by atoms with E-state index in [9.17, 15) is 0 Å². The van der Waals surface area contributed by atoms with Crippen LogP contribution in [0.4, 0.5) is 0 Å². The van der Waals surface area contributed by atoms with Crippen molar-refractivity contribution >= 4 is 269 Å². The number of rotatable bonds is 0. The standard InChI is InChI=1S/3Al.3Be.3Ca.3Li.8O3Si.8H2O/c;;;;;;;;;;;;8*1-4(2)3;;;;;;;;/h;;;;;;;;;;;;;;;;;;;;8*1H2/q3*+3;6*+2;3*+1;8*-2;;;;;;;;/p-8. The van der Waals surface area contributed by atoms with Crippen molar-refractivity contribution in [3.05, 3.63) is 0 Å². The summed E-state index contributed by atoms with van der Waals surface area (Å²) in [6, 6.07) is 0. The molecule has 0 bridgehead atoms. The monoisotopic (exact) mass is 993 g/mol. The molecule has 32 nitrogen and oxygen atoms in total. The number of hydrogen-bond donors (Lipinski definition) is 0. The summed E-state index contributed by atoms with van der Waals surface area (Å²) in [5.74, 6) is 0. The molecule has 0 aromatic rings. The molecule has 0 amide bonds. The van der Waals surface area contributed by atoms with Gasteiger partial charge in [0, 0.05) is 73.4 Å². The van der Waals surface area contributed by atoms with Crippen molar-refractivity contribution in [2.24, 2.45) is 0 Å². The van der Waals surface area contributed by atoms with Crippen LogP contribution in [0.2, 0.25) is 0 Å². The van der Waals surface area contributed by atoms with Crippen LogP contribution in [0.1, 0.15) is 0 Å². The van der Waals surface area contributed by atoms with Gasteiger partial charge in [0.15, 0.2) is 0 Å². The molecule has 0 saturated carbocycles. The molecule has 0 aliphatic rings. The molecule has 0 saturated heterocycles. The average Bonchev–Trinajstić information content (AvgIpc) is 2.30. The van der Waals surface area contributed by atoms with Gasteiger partial charge in [-0.05, 0) is 0 Å². The first kappa shape index (κ1) is 215. The van der Waals surface area contributed by atoms with Crippen LogP contribution < -0.4 is 133 Å². The SMILES string of the molecule is O=[Si]([O-])[O-].O=[Si]([O-])[O-].O=[Si]([O-])[O-].O=[Si]([O-])[O-].O=[Si]([O-])[O-].O=[Si]([O-])[O-].O=[Si]([O-])[O-].O=[Si]([O-])[O-].[Al+3].[Al+3].[Al+3].[Be+2].[Be+2].[Be+2].[Ca+2].[Ca+2].[Ca+2].[Li+].[Li+].[Li+].[OH-].[OH-].[OH-].[OH-].[OH-].[OH-].[OH-].[OH-]. The van der Waals surface area contributed by atoms with Gasteiger partial charge in [0.2, 0.25) is 0 Å². The van der Waals surface area contributed by atoms with Crippen molar-refractivity contribution in [2.45, 2.75) is 0 Å². The van der Waals surface area contributed by atoms with E-state index in [2.05, 4.69) is 0 Å². The maximum atomic E-state index is 8.52. The Balaban J connectivity index is -0.00000000462. The van der Waals surface area contributed by atoms with Crippen molar-refractivity contribution in [1.82, 2.24) is 0 Å². The summed E-state index contributed by atoms with van der Waals surface area (Å²) in [5.41, 5.74) is 0. The summed E-state index contributed by atoms with van der Waals surface area (Å²) in [6.07, 6.45) is 0. The Bertz CT molecular complexity index is 422. The van der Waals surface area contributed by atoms with Gasteiger partial charge in [-0.1, -0.05) is 0 Å². The van der Waals surface area contributed by atoms with Crippen molar-refractivity contribution < 1.29 is 213 Å². The fourth-order valence-corrected chi connectivity index (χ4v) is 0. The predicted molar refractivity (Wildman–Crippen MR) is 119 cm³/mol. The molecule has 0 radical (unpaired) electrons. The summed E-state index contributed by atoms with van der Waals surface area (Å²) in [6.45, 7) is 0. The predicted octanol–water partition coefficient (Wildman–Crippen LogP) is -36.9. The molecule has 0 atom stereocenters. The van der Waals surface area contributed by atoms with E-state index < -0.39 is 73.4 Å². The Kier molecular flexibility index (Phi) is 842. The van der Waals surface area contributed by atoms with E-state index in [0.717, 1.165) is 0 Å². The molecular formula is H8Al3Be3Ca3Li3O32Si8. The van der Waals surface area contributed by atoms with Crippen molar-refractivity contribution in [1.29, 1.82) is 0 Å². The molecular weight excluding hydrogens is 986 g/mol. The van der Waals surface area contributed by atoms with Crippen molar-refractivity contribution in [3.8, 4) is 0 Å². The Morgan fingerprint density at radius 1 is 0.212 bits per heavy atom. The summed E-state index contributed by atoms with van der Waals surface area (Å²) >= 11 is 0. The smallest absolute Gasteiger partial charge is 0.870 e. The largest absolute Gasteiger partial charge is 3.00 e. The summed E-state index contributed by atoms with van der Waals surface area (Å²) in [7, 11) is -29.0. The van der Waals surface area contributed by atoms with Gasteiger partial charge in [-0.2, -0.15) is 0 Å². The molecule has 0 unspecified atom stereocenters. The molecule has 52 heteroatoms.